The summed E-state index contributed by atoms with van der Waals surface area (Å²) in [5, 5.41) is 10.6. The van der Waals surface area contributed by atoms with Crippen LogP contribution in [0.3, 0.4) is 0 Å². The molecule has 0 atom stereocenters. The second-order valence-electron chi connectivity index (χ2n) is 11.6. The smallest absolute Gasteiger partial charge is 0.324 e. The number of aromatic nitrogens is 3. The van der Waals surface area contributed by atoms with Crippen molar-refractivity contribution < 1.29 is 14.0 Å². The molecule has 42 heavy (non-hydrogen) atoms. The Bertz CT molecular complexity index is 1580. The largest absolute Gasteiger partial charge is 0.353 e. The predicted octanol–water partition coefficient (Wildman–Crippen LogP) is 5.93. The van der Waals surface area contributed by atoms with Crippen molar-refractivity contribution >= 4 is 29.3 Å². The number of aryl methyl sites for hydroxylation is 2. The van der Waals surface area contributed by atoms with Crippen molar-refractivity contribution in [2.75, 3.05) is 41.7 Å². The summed E-state index contributed by atoms with van der Waals surface area (Å²) in [5.74, 6) is 0.871. The van der Waals surface area contributed by atoms with Gasteiger partial charge in [-0.05, 0) is 62.4 Å². The van der Waals surface area contributed by atoms with Crippen molar-refractivity contribution in [3.63, 3.8) is 0 Å². The fraction of sp³-hybridized carbons (Fsp3) is 0.312. The minimum Gasteiger partial charge on any atom is -0.353 e. The van der Waals surface area contributed by atoms with Crippen LogP contribution in [0.15, 0.2) is 66.7 Å². The number of piperazine rings is 1. The lowest BCUT2D eigenvalue weighted by atomic mass is 9.92. The van der Waals surface area contributed by atoms with Gasteiger partial charge in [0.15, 0.2) is 0 Å². The van der Waals surface area contributed by atoms with Crippen LogP contribution in [0.5, 0.6) is 0 Å². The Morgan fingerprint density at radius 1 is 0.857 bits per heavy atom. The van der Waals surface area contributed by atoms with Crippen molar-refractivity contribution in [2.45, 2.75) is 40.0 Å². The van der Waals surface area contributed by atoms with E-state index in [-0.39, 0.29) is 17.1 Å². The summed E-state index contributed by atoms with van der Waals surface area (Å²) >= 11 is 0. The van der Waals surface area contributed by atoms with Gasteiger partial charge in [0.05, 0.1) is 22.8 Å². The van der Waals surface area contributed by atoms with E-state index in [4.69, 9.17) is 10.1 Å². The molecular weight excluding hydrogens is 533 g/mol. The molecule has 2 N–H and O–H groups in total. The Morgan fingerprint density at radius 2 is 1.52 bits per heavy atom. The van der Waals surface area contributed by atoms with Gasteiger partial charge < -0.3 is 15.1 Å². The molecule has 3 amide bonds. The monoisotopic (exact) mass is 569 g/mol. The van der Waals surface area contributed by atoms with E-state index in [0.717, 1.165) is 22.8 Å². The Labute approximate surface area is 245 Å². The molecule has 10 heteroatoms. The quantitative estimate of drug-likeness (QED) is 0.311. The van der Waals surface area contributed by atoms with Crippen LogP contribution in [-0.2, 0) is 5.41 Å². The minimum atomic E-state index is -0.394. The highest BCUT2D eigenvalue weighted by Crippen LogP contribution is 2.27. The summed E-state index contributed by atoms with van der Waals surface area (Å²) in [4.78, 5) is 34.5. The molecule has 9 nitrogen and oxygen atoms in total. The molecule has 0 spiro atoms. The summed E-state index contributed by atoms with van der Waals surface area (Å²) in [5.41, 5.74) is 4.41. The Kier molecular flexibility index (Phi) is 7.98. The number of nitrogens with zero attached hydrogens (tertiary/aromatic N) is 5. The van der Waals surface area contributed by atoms with Gasteiger partial charge in [-0.1, -0.05) is 38.5 Å². The van der Waals surface area contributed by atoms with Gasteiger partial charge in [-0.15, -0.1) is 0 Å². The molecule has 1 fully saturated rings. The third-order valence-corrected chi connectivity index (χ3v) is 7.30. The summed E-state index contributed by atoms with van der Waals surface area (Å²) in [6.07, 6.45) is 0. The fourth-order valence-electron chi connectivity index (χ4n) is 4.76. The Morgan fingerprint density at radius 3 is 2.14 bits per heavy atom. The first kappa shape index (κ1) is 28.8. The molecule has 1 aliphatic heterocycles. The van der Waals surface area contributed by atoms with Gasteiger partial charge in [0.25, 0.3) is 5.91 Å². The van der Waals surface area contributed by atoms with Crippen molar-refractivity contribution in [1.29, 1.82) is 0 Å². The van der Waals surface area contributed by atoms with Crippen LogP contribution >= 0.6 is 0 Å². The van der Waals surface area contributed by atoms with Crippen LogP contribution in [0.1, 0.15) is 48.1 Å². The molecule has 3 heterocycles. The molecule has 218 valence electrons. The second-order valence-corrected chi connectivity index (χ2v) is 11.6. The zero-order valence-electron chi connectivity index (χ0n) is 24.6. The zero-order valence-corrected chi connectivity index (χ0v) is 24.6. The van der Waals surface area contributed by atoms with Crippen molar-refractivity contribution in [3.8, 4) is 5.69 Å². The number of benzene rings is 2. The van der Waals surface area contributed by atoms with Crippen molar-refractivity contribution in [1.82, 2.24) is 19.7 Å². The molecule has 5 rings (SSSR count). The third kappa shape index (κ3) is 6.43. The minimum absolute atomic E-state index is 0.109. The number of rotatable bonds is 5. The third-order valence-electron chi connectivity index (χ3n) is 7.30. The molecule has 0 aliphatic carbocycles. The van der Waals surface area contributed by atoms with E-state index in [1.165, 1.54) is 24.3 Å². The van der Waals surface area contributed by atoms with Gasteiger partial charge in [-0.2, -0.15) is 5.10 Å². The maximum Gasteiger partial charge on any atom is 0.324 e. The molecule has 0 radical (unpaired) electrons. The van der Waals surface area contributed by atoms with Crippen LogP contribution in [0.2, 0.25) is 0 Å². The summed E-state index contributed by atoms with van der Waals surface area (Å²) < 4.78 is 15.0. The average Bonchev–Trinajstić information content (AvgIpc) is 3.39. The predicted molar refractivity (Wildman–Crippen MR) is 163 cm³/mol. The molecule has 0 unspecified atom stereocenters. The maximum absolute atomic E-state index is 13.2. The summed E-state index contributed by atoms with van der Waals surface area (Å²) in [6, 6.07) is 18.8. The Balaban J connectivity index is 1.23. The number of urea groups is 1. The van der Waals surface area contributed by atoms with Gasteiger partial charge in [0.2, 0.25) is 0 Å². The number of nitrogens with one attached hydrogen (secondary N) is 2. The number of carbonyl (C=O) groups excluding carboxylic acids is 2. The first-order valence-electron chi connectivity index (χ1n) is 14.0. The van der Waals surface area contributed by atoms with E-state index >= 15 is 0 Å². The van der Waals surface area contributed by atoms with Gasteiger partial charge in [0.1, 0.15) is 17.5 Å². The highest BCUT2D eigenvalue weighted by atomic mass is 19.1. The second kappa shape index (κ2) is 11.6. The van der Waals surface area contributed by atoms with Crippen molar-refractivity contribution in [3.05, 3.63) is 95.1 Å². The van der Waals surface area contributed by atoms with E-state index in [2.05, 4.69) is 36.3 Å². The number of pyridine rings is 1. The van der Waals surface area contributed by atoms with E-state index in [9.17, 15) is 14.0 Å². The van der Waals surface area contributed by atoms with E-state index < -0.39 is 6.03 Å². The number of hydrogen-bond acceptors (Lipinski definition) is 5. The standard InChI is InChI=1S/C32H36FN7O2/c1-21-6-12-25(13-7-21)40-29(20-27(37-40)32(3,4)5)36-31(42)35-26-14-15-28(34-22(26)2)38-16-18-39(19-17-38)30(41)23-8-10-24(33)11-9-23/h6-15,20H,16-19H2,1-5H3,(H2,35,36,42). The molecule has 4 aromatic rings. The van der Waals surface area contributed by atoms with Crippen LogP contribution in [0.4, 0.5) is 26.5 Å². The molecule has 0 bridgehead atoms. The molecular formula is C32H36FN7O2. The van der Waals surface area contributed by atoms with E-state index in [0.29, 0.717) is 48.9 Å². The molecule has 2 aromatic heterocycles. The highest BCUT2D eigenvalue weighted by Gasteiger charge is 2.24. The molecule has 2 aromatic carbocycles. The average molecular weight is 570 g/mol. The van der Waals surface area contributed by atoms with E-state index in [1.807, 2.05) is 56.3 Å². The highest BCUT2D eigenvalue weighted by molar-refractivity contribution is 6.00. The van der Waals surface area contributed by atoms with Crippen LogP contribution in [0.25, 0.3) is 5.69 Å². The normalized spacial score (nSPS) is 13.7. The lowest BCUT2D eigenvalue weighted by molar-refractivity contribution is 0.0746. The van der Waals surface area contributed by atoms with Crippen LogP contribution in [0, 0.1) is 19.7 Å². The number of carbonyl (C=O) groups is 2. The molecule has 1 saturated heterocycles. The Hall–Kier alpha value is -4.73. The lowest BCUT2D eigenvalue weighted by Crippen LogP contribution is -2.49. The number of hydrogen-bond donors (Lipinski definition) is 2. The fourth-order valence-corrected chi connectivity index (χ4v) is 4.76. The van der Waals surface area contributed by atoms with Crippen LogP contribution < -0.4 is 15.5 Å². The van der Waals surface area contributed by atoms with E-state index in [1.54, 1.807) is 9.58 Å². The first-order chi connectivity index (χ1) is 20.0. The summed E-state index contributed by atoms with van der Waals surface area (Å²) in [6.45, 7) is 12.4. The van der Waals surface area contributed by atoms with Gasteiger partial charge in [0, 0.05) is 43.2 Å². The number of halogens is 1. The van der Waals surface area contributed by atoms with Crippen molar-refractivity contribution in [2.24, 2.45) is 0 Å². The van der Waals surface area contributed by atoms with Gasteiger partial charge in [-0.3, -0.25) is 10.1 Å². The maximum atomic E-state index is 13.2. The van der Waals surface area contributed by atoms with Gasteiger partial charge in [-0.25, -0.2) is 18.9 Å². The molecule has 1 aliphatic rings. The number of amides is 3. The summed E-state index contributed by atoms with van der Waals surface area (Å²) in [7, 11) is 0. The van der Waals surface area contributed by atoms with Crippen LogP contribution in [-0.4, -0.2) is 57.8 Å². The SMILES string of the molecule is Cc1ccc(-n2nc(C(C)(C)C)cc2NC(=O)Nc2ccc(N3CCN(C(=O)c4ccc(F)cc4)CC3)nc2C)cc1. The lowest BCUT2D eigenvalue weighted by Gasteiger charge is -2.35. The topological polar surface area (TPSA) is 95.4 Å². The zero-order chi connectivity index (χ0) is 30.0. The molecule has 0 saturated carbocycles. The van der Waals surface area contributed by atoms with Gasteiger partial charge >= 0.3 is 6.03 Å². The number of anilines is 3. The first-order valence-corrected chi connectivity index (χ1v) is 14.0.